The number of unbranched alkanes of at least 4 members (excludes halogenated alkanes) is 1. The lowest BCUT2D eigenvalue weighted by Gasteiger charge is -2.18. The maximum absolute atomic E-state index is 5.53. The van der Waals surface area contributed by atoms with Crippen LogP contribution in [0.25, 0.3) is 10.8 Å². The Morgan fingerprint density at radius 1 is 1.39 bits per heavy atom. The van der Waals surface area contributed by atoms with E-state index in [1.165, 1.54) is 12.8 Å². The molecule has 0 aliphatic carbocycles. The van der Waals surface area contributed by atoms with E-state index < -0.39 is 0 Å². The minimum Gasteiger partial charge on any atom is -0.444 e. The Labute approximate surface area is 112 Å². The largest absolute Gasteiger partial charge is 0.444 e. The second-order valence-electron chi connectivity index (χ2n) is 4.34. The molecule has 3 nitrogen and oxygen atoms in total. The number of oxazole rings is 1. The van der Waals surface area contributed by atoms with E-state index in [-0.39, 0.29) is 0 Å². The fourth-order valence-corrected chi connectivity index (χ4v) is 2.51. The molecule has 0 amide bonds. The molecule has 4 heteroatoms. The smallest absolute Gasteiger partial charge is 0.236 e. The maximum atomic E-state index is 5.53. The van der Waals surface area contributed by atoms with Gasteiger partial charge in [-0.1, -0.05) is 26.3 Å². The highest BCUT2D eigenvalue weighted by Crippen LogP contribution is 2.23. The van der Waals surface area contributed by atoms with Gasteiger partial charge in [-0.2, -0.15) is 0 Å². The molecule has 0 aliphatic rings. The molecule has 2 aromatic rings. The van der Waals surface area contributed by atoms with Crippen LogP contribution < -0.4 is 0 Å². The summed E-state index contributed by atoms with van der Waals surface area (Å²) >= 11 is 1.66. The first-order valence-electron chi connectivity index (χ1n) is 6.54. The molecule has 0 N–H and O–H groups in total. The van der Waals surface area contributed by atoms with Crippen LogP contribution in [0.1, 0.15) is 32.4 Å². The zero-order valence-corrected chi connectivity index (χ0v) is 11.9. The van der Waals surface area contributed by atoms with E-state index in [0.29, 0.717) is 0 Å². The van der Waals surface area contributed by atoms with Crippen molar-refractivity contribution in [2.75, 3.05) is 13.1 Å². The second-order valence-corrected chi connectivity index (χ2v) is 5.29. The van der Waals surface area contributed by atoms with Crippen molar-refractivity contribution in [1.82, 2.24) is 9.88 Å². The average Bonchev–Trinajstić information content (AvgIpc) is 3.04. The van der Waals surface area contributed by atoms with Crippen molar-refractivity contribution in [3.05, 3.63) is 29.5 Å². The molecule has 2 heterocycles. The molecule has 2 rings (SSSR count). The van der Waals surface area contributed by atoms with E-state index in [4.69, 9.17) is 4.42 Å². The van der Waals surface area contributed by atoms with E-state index in [1.54, 1.807) is 17.6 Å². The molecule has 0 bridgehead atoms. The molecule has 18 heavy (non-hydrogen) atoms. The van der Waals surface area contributed by atoms with Crippen LogP contribution >= 0.6 is 11.3 Å². The topological polar surface area (TPSA) is 29.3 Å². The Hall–Kier alpha value is -1.13. The first-order chi connectivity index (χ1) is 8.83. The van der Waals surface area contributed by atoms with E-state index in [1.807, 2.05) is 17.5 Å². The molecular formula is C14H20N2OS. The van der Waals surface area contributed by atoms with Crippen molar-refractivity contribution in [1.29, 1.82) is 0 Å². The summed E-state index contributed by atoms with van der Waals surface area (Å²) in [5.41, 5.74) is 1.02. The second kappa shape index (κ2) is 6.71. The van der Waals surface area contributed by atoms with E-state index in [2.05, 4.69) is 23.7 Å². The van der Waals surface area contributed by atoms with Crippen LogP contribution in [0.3, 0.4) is 0 Å². The van der Waals surface area contributed by atoms with Crippen LogP contribution in [0, 0.1) is 0 Å². The van der Waals surface area contributed by atoms with Crippen molar-refractivity contribution < 1.29 is 4.42 Å². The number of rotatable bonds is 7. The Morgan fingerprint density at radius 2 is 2.28 bits per heavy atom. The molecule has 0 fully saturated rings. The van der Waals surface area contributed by atoms with Gasteiger partial charge in [-0.3, -0.25) is 4.90 Å². The number of nitrogens with zero attached hydrogens (tertiary/aromatic N) is 2. The zero-order chi connectivity index (χ0) is 12.8. The predicted molar refractivity (Wildman–Crippen MR) is 75.7 cm³/mol. The minimum absolute atomic E-state index is 0.742. The van der Waals surface area contributed by atoms with Gasteiger partial charge < -0.3 is 4.42 Å². The number of hydrogen-bond donors (Lipinski definition) is 0. The minimum atomic E-state index is 0.742. The highest BCUT2D eigenvalue weighted by molar-refractivity contribution is 7.13. The van der Waals surface area contributed by atoms with Gasteiger partial charge >= 0.3 is 0 Å². The van der Waals surface area contributed by atoms with Gasteiger partial charge in [0.15, 0.2) is 0 Å². The van der Waals surface area contributed by atoms with Crippen molar-refractivity contribution >= 4 is 11.3 Å². The molecule has 0 aliphatic heterocycles. The van der Waals surface area contributed by atoms with Crippen LogP contribution in [0.15, 0.2) is 28.2 Å². The Balaban J connectivity index is 1.97. The zero-order valence-electron chi connectivity index (χ0n) is 11.1. The van der Waals surface area contributed by atoms with Crippen LogP contribution in [-0.2, 0) is 6.54 Å². The third kappa shape index (κ3) is 3.43. The molecule has 0 spiro atoms. The van der Waals surface area contributed by atoms with Gasteiger partial charge in [0.1, 0.15) is 6.26 Å². The van der Waals surface area contributed by atoms with Gasteiger partial charge in [0, 0.05) is 6.54 Å². The molecule has 0 radical (unpaired) electrons. The van der Waals surface area contributed by atoms with Gasteiger partial charge in [-0.15, -0.1) is 11.3 Å². The Bertz CT molecular complexity index is 450. The molecule has 0 atom stereocenters. The number of aromatic nitrogens is 1. The molecule has 2 aromatic heterocycles. The summed E-state index contributed by atoms with van der Waals surface area (Å²) in [4.78, 5) is 8.05. The first-order valence-corrected chi connectivity index (χ1v) is 7.42. The van der Waals surface area contributed by atoms with Gasteiger partial charge in [-0.05, 0) is 31.0 Å². The first kappa shape index (κ1) is 13.3. The monoisotopic (exact) mass is 264 g/mol. The average molecular weight is 264 g/mol. The van der Waals surface area contributed by atoms with E-state index >= 15 is 0 Å². The van der Waals surface area contributed by atoms with Crippen molar-refractivity contribution in [3.63, 3.8) is 0 Å². The van der Waals surface area contributed by atoms with Crippen molar-refractivity contribution in [2.45, 2.75) is 33.2 Å². The lowest BCUT2D eigenvalue weighted by Crippen LogP contribution is -2.24. The fourth-order valence-electron chi connectivity index (χ4n) is 1.85. The summed E-state index contributed by atoms with van der Waals surface area (Å²) in [7, 11) is 0. The van der Waals surface area contributed by atoms with Crippen LogP contribution in [0.5, 0.6) is 0 Å². The summed E-state index contributed by atoms with van der Waals surface area (Å²) in [6, 6.07) is 4.05. The summed E-state index contributed by atoms with van der Waals surface area (Å²) in [6.07, 6.45) is 4.25. The fraction of sp³-hybridized carbons (Fsp3) is 0.500. The number of hydrogen-bond acceptors (Lipinski definition) is 4. The maximum Gasteiger partial charge on any atom is 0.236 e. The van der Waals surface area contributed by atoms with E-state index in [0.717, 1.165) is 36.1 Å². The molecule has 0 saturated heterocycles. The molecule has 0 unspecified atom stereocenters. The standard InChI is InChI=1S/C14H20N2OS/c1-3-5-8-16(4-2)10-12-11-17-14(15-12)13-7-6-9-18-13/h6-7,9,11H,3-5,8,10H2,1-2H3. The highest BCUT2D eigenvalue weighted by Gasteiger charge is 2.10. The molecular weight excluding hydrogens is 244 g/mol. The SMILES string of the molecule is CCCCN(CC)Cc1coc(-c2cccs2)n1. The Kier molecular flexibility index (Phi) is 4.96. The summed E-state index contributed by atoms with van der Waals surface area (Å²) in [5.74, 6) is 0.742. The van der Waals surface area contributed by atoms with Gasteiger partial charge in [-0.25, -0.2) is 4.98 Å². The third-order valence-corrected chi connectivity index (χ3v) is 3.80. The predicted octanol–water partition coefficient (Wildman–Crippen LogP) is 4.03. The van der Waals surface area contributed by atoms with Gasteiger partial charge in [0.25, 0.3) is 0 Å². The van der Waals surface area contributed by atoms with Crippen LogP contribution in [0.2, 0.25) is 0 Å². The third-order valence-electron chi connectivity index (χ3n) is 2.94. The lowest BCUT2D eigenvalue weighted by molar-refractivity contribution is 0.272. The number of thiophene rings is 1. The summed E-state index contributed by atoms with van der Waals surface area (Å²) in [5, 5.41) is 2.04. The van der Waals surface area contributed by atoms with E-state index in [9.17, 15) is 0 Å². The van der Waals surface area contributed by atoms with Crippen LogP contribution in [0.4, 0.5) is 0 Å². The van der Waals surface area contributed by atoms with Crippen molar-refractivity contribution in [2.24, 2.45) is 0 Å². The summed E-state index contributed by atoms with van der Waals surface area (Å²) < 4.78 is 5.53. The Morgan fingerprint density at radius 3 is 2.94 bits per heavy atom. The molecule has 0 saturated carbocycles. The van der Waals surface area contributed by atoms with Crippen molar-refractivity contribution in [3.8, 4) is 10.8 Å². The van der Waals surface area contributed by atoms with Crippen LogP contribution in [-0.4, -0.2) is 23.0 Å². The highest BCUT2D eigenvalue weighted by atomic mass is 32.1. The van der Waals surface area contributed by atoms with Gasteiger partial charge in [0.05, 0.1) is 10.6 Å². The normalized spacial score (nSPS) is 11.3. The molecule has 98 valence electrons. The quantitative estimate of drug-likeness (QED) is 0.756. The van der Waals surface area contributed by atoms with Gasteiger partial charge in [0.2, 0.25) is 5.89 Å². The lowest BCUT2D eigenvalue weighted by atomic mass is 10.3. The molecule has 0 aromatic carbocycles. The summed E-state index contributed by atoms with van der Waals surface area (Å²) in [6.45, 7) is 7.48.